The Hall–Kier alpha value is -3.45. The van der Waals surface area contributed by atoms with Gasteiger partial charge in [-0.15, -0.1) is 10.2 Å². The minimum atomic E-state index is -0.519. The van der Waals surface area contributed by atoms with E-state index in [1.165, 1.54) is 54.1 Å². The van der Waals surface area contributed by atoms with Crippen LogP contribution in [0, 0.1) is 40.7 Å². The number of benzene rings is 2. The summed E-state index contributed by atoms with van der Waals surface area (Å²) in [6.07, 6.45) is 4.98. The van der Waals surface area contributed by atoms with Crippen molar-refractivity contribution in [2.75, 3.05) is 17.2 Å². The molecule has 5 rings (SSSR count). The Morgan fingerprint density at radius 2 is 1.92 bits per heavy atom. The highest BCUT2D eigenvalue weighted by atomic mass is 32.2. The minimum absolute atomic E-state index is 0.00446. The van der Waals surface area contributed by atoms with Crippen LogP contribution in [-0.4, -0.2) is 33.0 Å². The Bertz CT molecular complexity index is 1360. The van der Waals surface area contributed by atoms with Crippen LogP contribution in [0.3, 0.4) is 0 Å². The van der Waals surface area contributed by atoms with Crippen LogP contribution in [0.4, 0.5) is 14.5 Å². The highest BCUT2D eigenvalue weighted by Gasteiger charge is 2.43. The highest BCUT2D eigenvalue weighted by molar-refractivity contribution is 7.99. The number of halogens is 2. The molecule has 39 heavy (non-hydrogen) atoms. The van der Waals surface area contributed by atoms with E-state index in [-0.39, 0.29) is 48.7 Å². The fourth-order valence-corrected chi connectivity index (χ4v) is 7.03. The number of amides is 1. The summed E-state index contributed by atoms with van der Waals surface area (Å²) >= 11 is 1.23. The van der Waals surface area contributed by atoms with Crippen LogP contribution < -0.4 is 9.64 Å². The predicted octanol–water partition coefficient (Wildman–Crippen LogP) is 6.17. The summed E-state index contributed by atoms with van der Waals surface area (Å²) in [5.74, 6) is 1.28. The Morgan fingerprint density at radius 3 is 2.62 bits per heavy atom. The van der Waals surface area contributed by atoms with Crippen LogP contribution in [0.5, 0.6) is 5.75 Å². The van der Waals surface area contributed by atoms with Gasteiger partial charge in [0.25, 0.3) is 0 Å². The Labute approximate surface area is 231 Å². The van der Waals surface area contributed by atoms with Gasteiger partial charge in [0.15, 0.2) is 22.5 Å². The molecule has 0 radical (unpaired) electrons. The molecule has 204 valence electrons. The second-order valence-corrected chi connectivity index (χ2v) is 11.2. The highest BCUT2D eigenvalue weighted by Crippen LogP contribution is 2.52. The van der Waals surface area contributed by atoms with E-state index in [2.05, 4.69) is 17.1 Å². The average molecular weight is 552 g/mol. The maximum Gasteiger partial charge on any atom is 0.237 e. The first kappa shape index (κ1) is 27.1. The third-order valence-electron chi connectivity index (χ3n) is 7.96. The molecule has 2 bridgehead atoms. The van der Waals surface area contributed by atoms with E-state index in [0.29, 0.717) is 22.8 Å². The number of carbonyl (C=O) groups excluding carboxylic acids is 1. The van der Waals surface area contributed by atoms with Crippen LogP contribution in [-0.2, 0) is 11.4 Å². The van der Waals surface area contributed by atoms with E-state index in [1.54, 1.807) is 30.3 Å². The lowest BCUT2D eigenvalue weighted by Gasteiger charge is -2.30. The monoisotopic (exact) mass is 551 g/mol. The number of para-hydroxylation sites is 2. The minimum Gasteiger partial charge on any atom is -0.483 e. The van der Waals surface area contributed by atoms with Gasteiger partial charge >= 0.3 is 0 Å². The van der Waals surface area contributed by atoms with E-state index < -0.39 is 11.6 Å². The zero-order valence-corrected chi connectivity index (χ0v) is 22.6. The normalized spacial score (nSPS) is 20.5. The van der Waals surface area contributed by atoms with Gasteiger partial charge in [-0.25, -0.2) is 8.78 Å². The lowest BCUT2D eigenvalue weighted by atomic mass is 9.84. The van der Waals surface area contributed by atoms with Gasteiger partial charge in [-0.05, 0) is 68.2 Å². The number of hydrogen-bond acceptors (Lipinski definition) is 6. The molecule has 2 aliphatic rings. The number of aromatic nitrogens is 3. The molecule has 4 atom stereocenters. The second-order valence-electron chi connectivity index (χ2n) is 10.3. The molecule has 4 unspecified atom stereocenters. The second kappa shape index (κ2) is 12.2. The van der Waals surface area contributed by atoms with Gasteiger partial charge in [-0.2, -0.15) is 5.26 Å². The summed E-state index contributed by atoms with van der Waals surface area (Å²) < 4.78 is 36.5. The molecule has 0 aliphatic heterocycles. The summed E-state index contributed by atoms with van der Waals surface area (Å²) in [6, 6.07) is 14.4. The van der Waals surface area contributed by atoms with Crippen molar-refractivity contribution in [3.05, 3.63) is 66.0 Å². The number of hydrogen-bond donors (Lipinski definition) is 0. The predicted molar refractivity (Wildman–Crippen MR) is 144 cm³/mol. The number of nitrogens with zero attached hydrogens (tertiary/aromatic N) is 5. The third-order valence-corrected chi connectivity index (χ3v) is 8.89. The summed E-state index contributed by atoms with van der Waals surface area (Å²) in [7, 11) is 0. The van der Waals surface area contributed by atoms with Crippen molar-refractivity contribution < 1.29 is 18.3 Å². The molecule has 7 nitrogen and oxygen atoms in total. The maximum atomic E-state index is 14.5. The van der Waals surface area contributed by atoms with Gasteiger partial charge < -0.3 is 9.64 Å². The molecule has 1 amide bonds. The first-order valence-corrected chi connectivity index (χ1v) is 14.3. The smallest absolute Gasteiger partial charge is 0.237 e. The van der Waals surface area contributed by atoms with Gasteiger partial charge in [-0.1, -0.05) is 42.4 Å². The van der Waals surface area contributed by atoms with E-state index >= 15 is 0 Å². The SMILES string of the molecule is CC(C1CC2CCC1C2)n1c(COc2ccccc2F)nnc1SCC(=O)N(CCC#N)c1ccccc1F. The van der Waals surface area contributed by atoms with Gasteiger partial charge in [0.05, 0.1) is 23.9 Å². The van der Waals surface area contributed by atoms with Crippen LogP contribution >= 0.6 is 11.8 Å². The quantitative estimate of drug-likeness (QED) is 0.265. The number of ether oxygens (including phenoxy) is 1. The largest absolute Gasteiger partial charge is 0.483 e. The first-order valence-electron chi connectivity index (χ1n) is 13.3. The number of carbonyl (C=O) groups is 1. The average Bonchev–Trinajstić information content (AvgIpc) is 3.68. The molecular formula is C29H31F2N5O2S. The van der Waals surface area contributed by atoms with Crippen LogP contribution in [0.1, 0.15) is 50.9 Å². The standard InChI is InChI=1S/C29H31F2N5O2S/c1-19(22-16-20-11-12-21(22)15-20)36-27(17-38-26-10-5-3-8-24(26)31)33-34-29(36)39-18-28(37)35(14-6-13-32)25-9-4-2-7-23(25)30/h2-5,7-10,19-22H,6,11-12,14-18H2,1H3. The number of thioether (sulfide) groups is 1. The number of fused-ring (bicyclic) bond motifs is 2. The van der Waals surface area contributed by atoms with Crippen LogP contribution in [0.15, 0.2) is 53.7 Å². The van der Waals surface area contributed by atoms with Crippen LogP contribution in [0.25, 0.3) is 0 Å². The van der Waals surface area contributed by atoms with E-state index in [0.717, 1.165) is 12.3 Å². The fourth-order valence-electron chi connectivity index (χ4n) is 6.11. The molecule has 2 aromatic carbocycles. The van der Waals surface area contributed by atoms with Gasteiger partial charge in [0, 0.05) is 12.6 Å². The molecule has 2 saturated carbocycles. The van der Waals surface area contributed by atoms with Crippen molar-refractivity contribution in [1.82, 2.24) is 14.8 Å². The van der Waals surface area contributed by atoms with Crippen molar-refractivity contribution in [2.24, 2.45) is 17.8 Å². The Kier molecular flexibility index (Phi) is 8.46. The van der Waals surface area contributed by atoms with E-state index in [1.807, 2.05) is 10.6 Å². The lowest BCUT2D eigenvalue weighted by Crippen LogP contribution is -2.34. The van der Waals surface area contributed by atoms with E-state index in [4.69, 9.17) is 10.00 Å². The molecule has 0 spiro atoms. The maximum absolute atomic E-state index is 14.5. The van der Waals surface area contributed by atoms with Crippen molar-refractivity contribution in [3.8, 4) is 11.8 Å². The Morgan fingerprint density at radius 1 is 1.15 bits per heavy atom. The van der Waals surface area contributed by atoms with Gasteiger partial charge in [-0.3, -0.25) is 9.36 Å². The molecule has 0 N–H and O–H groups in total. The first-order chi connectivity index (χ1) is 19.0. The molecule has 0 saturated heterocycles. The molecule has 3 aromatic rings. The molecule has 2 aliphatic carbocycles. The lowest BCUT2D eigenvalue weighted by molar-refractivity contribution is -0.116. The zero-order valence-electron chi connectivity index (χ0n) is 21.8. The summed E-state index contributed by atoms with van der Waals surface area (Å²) in [6.45, 7) is 2.29. The molecular weight excluding hydrogens is 520 g/mol. The fraction of sp³-hybridized carbons (Fsp3) is 0.448. The third kappa shape index (κ3) is 5.93. The van der Waals surface area contributed by atoms with E-state index in [9.17, 15) is 13.6 Å². The van der Waals surface area contributed by atoms with Crippen molar-refractivity contribution in [2.45, 2.75) is 56.8 Å². The zero-order chi connectivity index (χ0) is 27.4. The summed E-state index contributed by atoms with van der Waals surface area (Å²) in [5.41, 5.74) is 0.147. The number of rotatable bonds is 11. The summed E-state index contributed by atoms with van der Waals surface area (Å²) in [5, 5.41) is 18.4. The van der Waals surface area contributed by atoms with Gasteiger partial charge in [0.1, 0.15) is 12.4 Å². The summed E-state index contributed by atoms with van der Waals surface area (Å²) in [4.78, 5) is 14.6. The van der Waals surface area contributed by atoms with Gasteiger partial charge in [0.2, 0.25) is 5.91 Å². The van der Waals surface area contributed by atoms with Crippen LogP contribution in [0.2, 0.25) is 0 Å². The van der Waals surface area contributed by atoms with Crippen molar-refractivity contribution in [1.29, 1.82) is 5.26 Å². The molecule has 2 fully saturated rings. The molecule has 1 heterocycles. The number of nitriles is 1. The van der Waals surface area contributed by atoms with Crippen molar-refractivity contribution in [3.63, 3.8) is 0 Å². The van der Waals surface area contributed by atoms with Crippen molar-refractivity contribution >= 4 is 23.4 Å². The Balaban J connectivity index is 1.37. The molecule has 10 heteroatoms. The molecule has 1 aromatic heterocycles. The topological polar surface area (TPSA) is 84.0 Å². The number of anilines is 1.